The summed E-state index contributed by atoms with van der Waals surface area (Å²) in [6.07, 6.45) is 7.83. The van der Waals surface area contributed by atoms with Gasteiger partial charge in [-0.25, -0.2) is 9.18 Å². The van der Waals surface area contributed by atoms with Gasteiger partial charge in [-0.3, -0.25) is 0 Å². The first-order chi connectivity index (χ1) is 12.1. The van der Waals surface area contributed by atoms with Crippen molar-refractivity contribution in [1.82, 2.24) is 10.6 Å². The van der Waals surface area contributed by atoms with Crippen molar-refractivity contribution in [2.75, 3.05) is 19.8 Å². The third kappa shape index (κ3) is 4.40. The van der Waals surface area contributed by atoms with Crippen LogP contribution < -0.4 is 10.6 Å². The van der Waals surface area contributed by atoms with Crippen LogP contribution in [0.15, 0.2) is 36.4 Å². The van der Waals surface area contributed by atoms with Crippen LogP contribution in [-0.4, -0.2) is 31.8 Å². The van der Waals surface area contributed by atoms with Gasteiger partial charge in [-0.15, -0.1) is 0 Å². The normalized spacial score (nSPS) is 25.4. The van der Waals surface area contributed by atoms with Crippen LogP contribution in [0.4, 0.5) is 9.18 Å². The number of halogens is 1. The minimum atomic E-state index is -0.240. The van der Waals surface area contributed by atoms with Gasteiger partial charge in [0.15, 0.2) is 0 Å². The summed E-state index contributed by atoms with van der Waals surface area (Å²) in [6, 6.07) is 6.69. The molecular formula is C20H27FN2O2. The Morgan fingerprint density at radius 2 is 1.88 bits per heavy atom. The summed E-state index contributed by atoms with van der Waals surface area (Å²) in [7, 11) is 0. The van der Waals surface area contributed by atoms with Gasteiger partial charge in [0.25, 0.3) is 0 Å². The molecule has 2 atom stereocenters. The predicted octanol–water partition coefficient (Wildman–Crippen LogP) is 3.53. The van der Waals surface area contributed by atoms with Crippen LogP contribution in [0.3, 0.4) is 0 Å². The summed E-state index contributed by atoms with van der Waals surface area (Å²) in [4.78, 5) is 12.4. The zero-order chi connectivity index (χ0) is 17.7. The standard InChI is InChI=1S/C20H27FN2O2/c1-15-4-2-3-5-18(15)23-19(24)22-14-20(10-12-25-13-11-20)16-6-8-17(21)9-7-16/h2-3,6-9,15,18H,4-5,10-14H2,1H3,(H2,22,23,24)/t15-,18-/m1/s1. The van der Waals surface area contributed by atoms with E-state index < -0.39 is 0 Å². The molecule has 0 bridgehead atoms. The Labute approximate surface area is 148 Å². The Kier molecular flexibility index (Phi) is 5.74. The third-order valence-corrected chi connectivity index (χ3v) is 5.56. The number of rotatable bonds is 4. The third-order valence-electron chi connectivity index (χ3n) is 5.56. The summed E-state index contributed by atoms with van der Waals surface area (Å²) >= 11 is 0. The molecule has 0 saturated carbocycles. The molecule has 0 radical (unpaired) electrons. The van der Waals surface area contributed by atoms with E-state index in [2.05, 4.69) is 29.7 Å². The Bertz CT molecular complexity index is 609. The zero-order valence-corrected chi connectivity index (χ0v) is 14.8. The number of carbonyl (C=O) groups excluding carboxylic acids is 1. The quantitative estimate of drug-likeness (QED) is 0.820. The molecule has 2 aliphatic rings. The number of urea groups is 1. The monoisotopic (exact) mass is 346 g/mol. The van der Waals surface area contributed by atoms with Gasteiger partial charge in [-0.1, -0.05) is 31.2 Å². The fraction of sp³-hybridized carbons (Fsp3) is 0.550. The number of carbonyl (C=O) groups is 1. The molecule has 0 unspecified atom stereocenters. The predicted molar refractivity (Wildman–Crippen MR) is 96.0 cm³/mol. The van der Waals surface area contributed by atoms with Gasteiger partial charge in [-0.2, -0.15) is 0 Å². The molecule has 1 aromatic carbocycles. The van der Waals surface area contributed by atoms with Gasteiger partial charge < -0.3 is 15.4 Å². The lowest BCUT2D eigenvalue weighted by Crippen LogP contribution is -2.50. The minimum absolute atomic E-state index is 0.125. The van der Waals surface area contributed by atoms with Crippen molar-refractivity contribution in [2.24, 2.45) is 5.92 Å². The number of hydrogen-bond donors (Lipinski definition) is 2. The Morgan fingerprint density at radius 1 is 1.20 bits per heavy atom. The second-order valence-electron chi connectivity index (χ2n) is 7.25. The van der Waals surface area contributed by atoms with Gasteiger partial charge in [0, 0.05) is 31.2 Å². The van der Waals surface area contributed by atoms with Crippen LogP contribution in [0.5, 0.6) is 0 Å². The second kappa shape index (κ2) is 8.00. The van der Waals surface area contributed by atoms with E-state index in [9.17, 15) is 9.18 Å². The number of allylic oxidation sites excluding steroid dienone is 1. The van der Waals surface area contributed by atoms with E-state index in [1.807, 2.05) is 12.1 Å². The minimum Gasteiger partial charge on any atom is -0.381 e. The molecule has 3 rings (SSSR count). The van der Waals surface area contributed by atoms with Crippen LogP contribution >= 0.6 is 0 Å². The van der Waals surface area contributed by atoms with Crippen molar-refractivity contribution in [3.63, 3.8) is 0 Å². The number of hydrogen-bond acceptors (Lipinski definition) is 2. The summed E-state index contributed by atoms with van der Waals surface area (Å²) < 4.78 is 18.8. The molecule has 0 spiro atoms. The Balaban J connectivity index is 1.63. The molecule has 1 fully saturated rings. The van der Waals surface area contributed by atoms with E-state index in [0.717, 1.165) is 31.2 Å². The van der Waals surface area contributed by atoms with E-state index >= 15 is 0 Å². The molecule has 1 saturated heterocycles. The Morgan fingerprint density at radius 3 is 2.56 bits per heavy atom. The molecule has 5 heteroatoms. The van der Waals surface area contributed by atoms with Crippen LogP contribution in [0, 0.1) is 11.7 Å². The van der Waals surface area contributed by atoms with Crippen molar-refractivity contribution < 1.29 is 13.9 Å². The second-order valence-corrected chi connectivity index (χ2v) is 7.25. The van der Waals surface area contributed by atoms with Gasteiger partial charge >= 0.3 is 6.03 Å². The summed E-state index contributed by atoms with van der Waals surface area (Å²) in [6.45, 7) is 4.01. The topological polar surface area (TPSA) is 50.4 Å². The molecule has 136 valence electrons. The number of nitrogens with one attached hydrogen (secondary N) is 2. The highest BCUT2D eigenvalue weighted by Crippen LogP contribution is 2.34. The lowest BCUT2D eigenvalue weighted by atomic mass is 9.74. The number of benzene rings is 1. The molecule has 1 aromatic rings. The molecule has 25 heavy (non-hydrogen) atoms. The highest BCUT2D eigenvalue weighted by Gasteiger charge is 2.35. The lowest BCUT2D eigenvalue weighted by molar-refractivity contribution is 0.0506. The fourth-order valence-corrected chi connectivity index (χ4v) is 3.75. The van der Waals surface area contributed by atoms with Crippen molar-refractivity contribution >= 4 is 6.03 Å². The average molecular weight is 346 g/mol. The lowest BCUT2D eigenvalue weighted by Gasteiger charge is -2.38. The summed E-state index contributed by atoms with van der Waals surface area (Å²) in [5, 5.41) is 6.14. The first-order valence-electron chi connectivity index (χ1n) is 9.12. The number of ether oxygens (including phenoxy) is 1. The molecule has 2 amide bonds. The fourth-order valence-electron chi connectivity index (χ4n) is 3.75. The summed E-state index contributed by atoms with van der Waals surface area (Å²) in [5.41, 5.74) is 0.868. The first-order valence-corrected chi connectivity index (χ1v) is 9.12. The maximum Gasteiger partial charge on any atom is 0.315 e. The van der Waals surface area contributed by atoms with Gasteiger partial charge in [-0.05, 0) is 49.3 Å². The van der Waals surface area contributed by atoms with E-state index in [-0.39, 0.29) is 23.3 Å². The van der Waals surface area contributed by atoms with Gasteiger partial charge in [0.2, 0.25) is 0 Å². The van der Waals surface area contributed by atoms with E-state index in [1.54, 1.807) is 0 Å². The van der Waals surface area contributed by atoms with Crippen molar-refractivity contribution in [3.8, 4) is 0 Å². The smallest absolute Gasteiger partial charge is 0.315 e. The van der Waals surface area contributed by atoms with Gasteiger partial charge in [0.05, 0.1) is 0 Å². The van der Waals surface area contributed by atoms with Crippen LogP contribution in [0.1, 0.15) is 38.2 Å². The number of amides is 2. The first kappa shape index (κ1) is 17.9. The molecule has 2 N–H and O–H groups in total. The molecular weight excluding hydrogens is 319 g/mol. The van der Waals surface area contributed by atoms with Crippen molar-refractivity contribution in [2.45, 2.75) is 44.1 Å². The van der Waals surface area contributed by atoms with Crippen LogP contribution in [0.2, 0.25) is 0 Å². The van der Waals surface area contributed by atoms with Crippen LogP contribution in [0.25, 0.3) is 0 Å². The molecule has 4 nitrogen and oxygen atoms in total. The molecule has 1 aliphatic carbocycles. The largest absolute Gasteiger partial charge is 0.381 e. The van der Waals surface area contributed by atoms with E-state index in [4.69, 9.17) is 4.74 Å². The summed E-state index contributed by atoms with van der Waals surface area (Å²) in [5.74, 6) is 0.209. The SMILES string of the molecule is C[C@@H]1CC=CC[C@H]1NC(=O)NCC1(c2ccc(F)cc2)CCOCC1. The maximum absolute atomic E-state index is 13.3. The maximum atomic E-state index is 13.3. The molecule has 0 aromatic heterocycles. The molecule has 1 heterocycles. The highest BCUT2D eigenvalue weighted by molar-refractivity contribution is 5.74. The van der Waals surface area contributed by atoms with Crippen molar-refractivity contribution in [1.29, 1.82) is 0 Å². The van der Waals surface area contributed by atoms with E-state index in [1.165, 1.54) is 12.1 Å². The Hall–Kier alpha value is -1.88. The van der Waals surface area contributed by atoms with Crippen molar-refractivity contribution in [3.05, 3.63) is 47.8 Å². The zero-order valence-electron chi connectivity index (χ0n) is 14.8. The van der Waals surface area contributed by atoms with Crippen LogP contribution in [-0.2, 0) is 10.2 Å². The molecule has 1 aliphatic heterocycles. The average Bonchev–Trinajstić information content (AvgIpc) is 2.63. The van der Waals surface area contributed by atoms with Gasteiger partial charge in [0.1, 0.15) is 5.82 Å². The van der Waals surface area contributed by atoms with E-state index in [0.29, 0.717) is 25.7 Å². The highest BCUT2D eigenvalue weighted by atomic mass is 19.1.